The van der Waals surface area contributed by atoms with E-state index < -0.39 is 0 Å². The Morgan fingerprint density at radius 2 is 1.40 bits per heavy atom. The standard InChI is InChI=1S/C16H19N5S3.BrH/c17-12-5-6-14(11(7-12)9-23-16(20)21)24-13-4-2-1-3-10(13)8-22-15(18)19;/h1-7H,8-9,17H2,(H3,18,19)(H3,20,21);1H. The molecule has 2 aromatic rings. The molecular weight excluding hydrogens is 438 g/mol. The molecule has 25 heavy (non-hydrogen) atoms. The summed E-state index contributed by atoms with van der Waals surface area (Å²) in [5.41, 5.74) is 19.7. The smallest absolute Gasteiger partial charge is 0.151 e. The minimum absolute atomic E-state index is 0. The van der Waals surface area contributed by atoms with Gasteiger partial charge in [-0.25, -0.2) is 0 Å². The first-order valence-electron chi connectivity index (χ1n) is 7.03. The molecule has 2 rings (SSSR count). The first-order chi connectivity index (χ1) is 11.5. The topological polar surface area (TPSA) is 126 Å². The molecule has 0 aliphatic heterocycles. The zero-order valence-corrected chi connectivity index (χ0v) is 17.5. The fraction of sp³-hybridized carbons (Fsp3) is 0.125. The average molecular weight is 458 g/mol. The highest BCUT2D eigenvalue weighted by molar-refractivity contribution is 8.93. The minimum atomic E-state index is 0. The van der Waals surface area contributed by atoms with E-state index in [1.807, 2.05) is 36.4 Å². The molecule has 0 spiro atoms. The van der Waals surface area contributed by atoms with Crippen LogP contribution >= 0.6 is 52.3 Å². The van der Waals surface area contributed by atoms with Crippen LogP contribution in [0, 0.1) is 10.8 Å². The molecule has 0 aromatic heterocycles. The largest absolute Gasteiger partial charge is 0.399 e. The van der Waals surface area contributed by atoms with Crippen LogP contribution in [0.5, 0.6) is 0 Å². The third-order valence-corrected chi connectivity index (χ3v) is 5.81. The molecule has 0 unspecified atom stereocenters. The summed E-state index contributed by atoms with van der Waals surface area (Å²) in [5, 5.41) is 15.0. The molecule has 134 valence electrons. The van der Waals surface area contributed by atoms with Crippen molar-refractivity contribution in [1.29, 1.82) is 10.8 Å². The number of hydrogen-bond donors (Lipinski definition) is 5. The van der Waals surface area contributed by atoms with Crippen LogP contribution in [0.2, 0.25) is 0 Å². The lowest BCUT2D eigenvalue weighted by Crippen LogP contribution is -2.04. The summed E-state index contributed by atoms with van der Waals surface area (Å²) >= 11 is 4.24. The number of rotatable bonds is 6. The highest BCUT2D eigenvalue weighted by Crippen LogP contribution is 2.36. The normalized spacial score (nSPS) is 10.1. The van der Waals surface area contributed by atoms with Crippen molar-refractivity contribution >= 4 is 68.3 Å². The number of anilines is 1. The molecule has 0 radical (unpaired) electrons. The fourth-order valence-electron chi connectivity index (χ4n) is 1.96. The molecule has 0 aliphatic carbocycles. The lowest BCUT2D eigenvalue weighted by molar-refractivity contribution is 1.24. The zero-order chi connectivity index (χ0) is 17.5. The van der Waals surface area contributed by atoms with Gasteiger partial charge >= 0.3 is 0 Å². The molecule has 0 amide bonds. The second kappa shape index (κ2) is 10.6. The third kappa shape index (κ3) is 7.23. The van der Waals surface area contributed by atoms with Crippen LogP contribution in [0.1, 0.15) is 11.1 Å². The molecule has 0 aliphatic rings. The van der Waals surface area contributed by atoms with Gasteiger partial charge in [0.1, 0.15) is 0 Å². The molecule has 5 nitrogen and oxygen atoms in total. The molecule has 9 heteroatoms. The van der Waals surface area contributed by atoms with E-state index in [0.717, 1.165) is 20.9 Å². The van der Waals surface area contributed by atoms with E-state index in [2.05, 4.69) is 6.07 Å². The SMILES string of the molecule is Br.N=C(N)SCc1ccccc1Sc1ccc(N)cc1CSC(=N)N. The van der Waals surface area contributed by atoms with Gasteiger partial charge in [0.15, 0.2) is 10.3 Å². The van der Waals surface area contributed by atoms with Crippen molar-refractivity contribution in [2.45, 2.75) is 21.3 Å². The van der Waals surface area contributed by atoms with Crippen molar-refractivity contribution in [2.75, 3.05) is 5.73 Å². The number of benzene rings is 2. The van der Waals surface area contributed by atoms with Crippen LogP contribution < -0.4 is 17.2 Å². The molecule has 8 N–H and O–H groups in total. The van der Waals surface area contributed by atoms with Crippen LogP contribution in [0.3, 0.4) is 0 Å². The molecule has 0 bridgehead atoms. The second-order valence-electron chi connectivity index (χ2n) is 4.88. The molecule has 2 aromatic carbocycles. The fourth-order valence-corrected chi connectivity index (χ4v) is 4.31. The lowest BCUT2D eigenvalue weighted by Gasteiger charge is -2.12. The van der Waals surface area contributed by atoms with Crippen molar-refractivity contribution in [2.24, 2.45) is 11.5 Å². The monoisotopic (exact) mass is 457 g/mol. The predicted octanol–water partition coefficient (Wildman–Crippen LogP) is 4.25. The van der Waals surface area contributed by atoms with E-state index in [0.29, 0.717) is 17.2 Å². The molecule has 0 saturated carbocycles. The Labute approximate surface area is 170 Å². The highest BCUT2D eigenvalue weighted by Gasteiger charge is 2.10. The Morgan fingerprint density at radius 1 is 0.840 bits per heavy atom. The lowest BCUT2D eigenvalue weighted by atomic mass is 10.2. The Kier molecular flexibility index (Phi) is 9.26. The van der Waals surface area contributed by atoms with Crippen LogP contribution in [0.4, 0.5) is 5.69 Å². The summed E-state index contributed by atoms with van der Waals surface area (Å²) in [6, 6.07) is 13.9. The minimum Gasteiger partial charge on any atom is -0.399 e. The second-order valence-corrected chi connectivity index (χ2v) is 8.00. The highest BCUT2D eigenvalue weighted by atomic mass is 79.9. The van der Waals surface area contributed by atoms with Crippen LogP contribution in [0.15, 0.2) is 52.3 Å². The summed E-state index contributed by atoms with van der Waals surface area (Å²) < 4.78 is 0. The Balaban J connectivity index is 0.00000312. The van der Waals surface area contributed by atoms with Gasteiger partial charge in [0.2, 0.25) is 0 Å². The summed E-state index contributed by atoms with van der Waals surface area (Å²) in [7, 11) is 0. The maximum Gasteiger partial charge on any atom is 0.151 e. The molecule has 0 atom stereocenters. The number of nitrogens with one attached hydrogen (secondary N) is 2. The van der Waals surface area contributed by atoms with E-state index in [-0.39, 0.29) is 27.3 Å². The summed E-state index contributed by atoms with van der Waals surface area (Å²) in [5.74, 6) is 1.26. The van der Waals surface area contributed by atoms with Gasteiger partial charge in [-0.15, -0.1) is 17.0 Å². The van der Waals surface area contributed by atoms with Crippen LogP contribution in [-0.4, -0.2) is 10.3 Å². The first-order valence-corrected chi connectivity index (χ1v) is 9.82. The predicted molar refractivity (Wildman–Crippen MR) is 118 cm³/mol. The summed E-state index contributed by atoms with van der Waals surface area (Å²) in [4.78, 5) is 2.20. The number of halogens is 1. The number of hydrogen-bond acceptors (Lipinski definition) is 6. The van der Waals surface area contributed by atoms with E-state index in [4.69, 9.17) is 28.0 Å². The van der Waals surface area contributed by atoms with Gasteiger partial charge in [-0.05, 0) is 35.4 Å². The van der Waals surface area contributed by atoms with Crippen molar-refractivity contribution in [1.82, 2.24) is 0 Å². The summed E-state index contributed by atoms with van der Waals surface area (Å²) in [6.45, 7) is 0. The van der Waals surface area contributed by atoms with E-state index in [1.165, 1.54) is 23.5 Å². The van der Waals surface area contributed by atoms with E-state index >= 15 is 0 Å². The third-order valence-electron chi connectivity index (χ3n) is 3.04. The van der Waals surface area contributed by atoms with Gasteiger partial charge < -0.3 is 17.2 Å². The summed E-state index contributed by atoms with van der Waals surface area (Å²) in [6.07, 6.45) is 0. The Morgan fingerprint density at radius 3 is 2.04 bits per heavy atom. The Bertz CT molecular complexity index is 754. The van der Waals surface area contributed by atoms with Crippen molar-refractivity contribution in [3.8, 4) is 0 Å². The maximum atomic E-state index is 7.39. The average Bonchev–Trinajstić information content (AvgIpc) is 2.54. The molecular formula is C16H20BrN5S3. The molecule has 0 heterocycles. The van der Waals surface area contributed by atoms with Crippen LogP contribution in [-0.2, 0) is 11.5 Å². The quantitative estimate of drug-likeness (QED) is 0.250. The number of amidine groups is 2. The van der Waals surface area contributed by atoms with Gasteiger partial charge in [-0.2, -0.15) is 0 Å². The van der Waals surface area contributed by atoms with Gasteiger partial charge in [0, 0.05) is 27.0 Å². The van der Waals surface area contributed by atoms with Crippen molar-refractivity contribution < 1.29 is 0 Å². The van der Waals surface area contributed by atoms with E-state index in [1.54, 1.807) is 11.8 Å². The van der Waals surface area contributed by atoms with Gasteiger partial charge in [0.05, 0.1) is 0 Å². The molecule has 0 saturated heterocycles. The number of nitrogen functional groups attached to an aromatic ring is 1. The van der Waals surface area contributed by atoms with E-state index in [9.17, 15) is 0 Å². The maximum absolute atomic E-state index is 7.39. The first kappa shape index (κ1) is 21.8. The number of nitrogens with two attached hydrogens (primary N) is 3. The zero-order valence-electron chi connectivity index (χ0n) is 13.3. The van der Waals surface area contributed by atoms with Gasteiger partial charge in [-0.3, -0.25) is 10.8 Å². The van der Waals surface area contributed by atoms with Gasteiger partial charge in [-0.1, -0.05) is 53.5 Å². The van der Waals surface area contributed by atoms with Gasteiger partial charge in [0.25, 0.3) is 0 Å². The van der Waals surface area contributed by atoms with Crippen molar-refractivity contribution in [3.63, 3.8) is 0 Å². The van der Waals surface area contributed by atoms with Crippen molar-refractivity contribution in [3.05, 3.63) is 53.6 Å². The van der Waals surface area contributed by atoms with Crippen LogP contribution in [0.25, 0.3) is 0 Å². The Hall–Kier alpha value is -1.29. The molecule has 0 fully saturated rings. The number of thioether (sulfide) groups is 2.